The van der Waals surface area contributed by atoms with E-state index in [9.17, 15) is 0 Å². The first kappa shape index (κ1) is 15.9. The number of dihydropyridines is 1. The Bertz CT molecular complexity index is 975. The SMILES string of the molecule is NC1(Cc2ccncc2Cl)C=CC(Cc2c[nH]c3ncccc23)=CN1. The molecule has 1 atom stereocenters. The Morgan fingerprint density at radius 1 is 1.20 bits per heavy atom. The Kier molecular flexibility index (Phi) is 4.03. The molecule has 0 aliphatic carbocycles. The van der Waals surface area contributed by atoms with Crippen molar-refractivity contribution in [2.75, 3.05) is 0 Å². The molecule has 0 bridgehead atoms. The number of rotatable bonds is 4. The number of nitrogens with two attached hydrogens (primary N) is 1. The number of hydrogen-bond acceptors (Lipinski definition) is 4. The zero-order valence-electron chi connectivity index (χ0n) is 13.5. The predicted molar refractivity (Wildman–Crippen MR) is 100 cm³/mol. The summed E-state index contributed by atoms with van der Waals surface area (Å²) >= 11 is 6.19. The maximum Gasteiger partial charge on any atom is 0.137 e. The summed E-state index contributed by atoms with van der Waals surface area (Å²) < 4.78 is 0. The molecule has 0 saturated carbocycles. The van der Waals surface area contributed by atoms with Crippen LogP contribution in [-0.2, 0) is 12.8 Å². The molecule has 0 amide bonds. The van der Waals surface area contributed by atoms with E-state index in [1.165, 1.54) is 5.56 Å². The van der Waals surface area contributed by atoms with Crippen molar-refractivity contribution in [2.45, 2.75) is 18.5 Å². The zero-order valence-corrected chi connectivity index (χ0v) is 14.3. The molecule has 0 aromatic carbocycles. The molecule has 0 spiro atoms. The molecule has 0 radical (unpaired) electrons. The Morgan fingerprint density at radius 3 is 2.92 bits per heavy atom. The molecule has 3 aromatic heterocycles. The van der Waals surface area contributed by atoms with Gasteiger partial charge >= 0.3 is 0 Å². The van der Waals surface area contributed by atoms with Gasteiger partial charge in [-0.15, -0.1) is 0 Å². The van der Waals surface area contributed by atoms with Crippen molar-refractivity contribution in [3.8, 4) is 0 Å². The van der Waals surface area contributed by atoms with Gasteiger partial charge in [-0.05, 0) is 41.0 Å². The summed E-state index contributed by atoms with van der Waals surface area (Å²) in [5.74, 6) is 0. The minimum Gasteiger partial charge on any atom is -0.370 e. The van der Waals surface area contributed by atoms with Crippen LogP contribution in [0.1, 0.15) is 11.1 Å². The topological polar surface area (TPSA) is 79.6 Å². The van der Waals surface area contributed by atoms with E-state index in [-0.39, 0.29) is 0 Å². The molecule has 1 aliphatic heterocycles. The van der Waals surface area contributed by atoms with E-state index in [1.54, 1.807) is 18.6 Å². The Morgan fingerprint density at radius 2 is 2.12 bits per heavy atom. The van der Waals surface area contributed by atoms with Crippen molar-refractivity contribution in [2.24, 2.45) is 5.73 Å². The maximum atomic E-state index is 6.45. The second-order valence-corrected chi connectivity index (χ2v) is 6.68. The Hall–Kier alpha value is -2.63. The molecule has 4 rings (SSSR count). The zero-order chi connectivity index (χ0) is 17.3. The lowest BCUT2D eigenvalue weighted by atomic mass is 9.95. The lowest BCUT2D eigenvalue weighted by molar-refractivity contribution is 0.463. The fraction of sp³-hybridized carbons (Fsp3) is 0.158. The number of pyridine rings is 2. The highest BCUT2D eigenvalue weighted by Gasteiger charge is 2.24. The van der Waals surface area contributed by atoms with Crippen LogP contribution in [0.15, 0.2) is 66.9 Å². The second-order valence-electron chi connectivity index (χ2n) is 6.27. The van der Waals surface area contributed by atoms with Gasteiger partial charge in [-0.3, -0.25) is 4.98 Å². The highest BCUT2D eigenvalue weighted by atomic mass is 35.5. The molecule has 0 saturated heterocycles. The number of halogens is 1. The number of nitrogens with zero attached hydrogens (tertiary/aromatic N) is 2. The normalized spacial score (nSPS) is 19.7. The van der Waals surface area contributed by atoms with Crippen LogP contribution in [0, 0.1) is 0 Å². The summed E-state index contributed by atoms with van der Waals surface area (Å²) in [7, 11) is 0. The van der Waals surface area contributed by atoms with Crippen molar-refractivity contribution >= 4 is 22.6 Å². The summed E-state index contributed by atoms with van der Waals surface area (Å²) in [6.07, 6.45) is 14.6. The smallest absolute Gasteiger partial charge is 0.137 e. The van der Waals surface area contributed by atoms with Crippen LogP contribution in [0.25, 0.3) is 11.0 Å². The van der Waals surface area contributed by atoms with Crippen LogP contribution in [0.4, 0.5) is 0 Å². The summed E-state index contributed by atoms with van der Waals surface area (Å²) in [6.45, 7) is 0. The minimum atomic E-state index is -0.656. The average Bonchev–Trinajstić information content (AvgIpc) is 3.02. The minimum absolute atomic E-state index is 0.589. The van der Waals surface area contributed by atoms with Crippen LogP contribution in [0.5, 0.6) is 0 Å². The largest absolute Gasteiger partial charge is 0.370 e. The van der Waals surface area contributed by atoms with E-state index < -0.39 is 5.66 Å². The molecule has 4 N–H and O–H groups in total. The lowest BCUT2D eigenvalue weighted by Gasteiger charge is -2.30. The first-order chi connectivity index (χ1) is 12.1. The molecule has 25 heavy (non-hydrogen) atoms. The third-order valence-electron chi connectivity index (χ3n) is 4.39. The quantitative estimate of drug-likeness (QED) is 0.674. The third kappa shape index (κ3) is 3.29. The third-order valence-corrected chi connectivity index (χ3v) is 4.73. The summed E-state index contributed by atoms with van der Waals surface area (Å²) in [6, 6.07) is 5.92. The molecular weight excluding hydrogens is 334 g/mol. The molecule has 126 valence electrons. The van der Waals surface area contributed by atoms with Gasteiger partial charge < -0.3 is 16.0 Å². The van der Waals surface area contributed by atoms with Crippen molar-refractivity contribution in [1.82, 2.24) is 20.3 Å². The van der Waals surface area contributed by atoms with Crippen LogP contribution >= 0.6 is 11.6 Å². The van der Waals surface area contributed by atoms with Gasteiger partial charge in [0.15, 0.2) is 0 Å². The molecule has 5 nitrogen and oxygen atoms in total. The van der Waals surface area contributed by atoms with Gasteiger partial charge in [0, 0.05) is 49.2 Å². The van der Waals surface area contributed by atoms with Gasteiger partial charge in [0.2, 0.25) is 0 Å². The number of fused-ring (bicyclic) bond motifs is 1. The van der Waals surface area contributed by atoms with E-state index in [0.717, 1.165) is 28.6 Å². The summed E-state index contributed by atoms with van der Waals surface area (Å²) in [4.78, 5) is 11.5. The molecule has 6 heteroatoms. The molecule has 0 fully saturated rings. The molecule has 3 aromatic rings. The van der Waals surface area contributed by atoms with E-state index in [4.69, 9.17) is 17.3 Å². The monoisotopic (exact) mass is 351 g/mol. The summed E-state index contributed by atoms with van der Waals surface area (Å²) in [5.41, 5.74) is 10.0. The highest BCUT2D eigenvalue weighted by molar-refractivity contribution is 6.31. The number of aromatic amines is 1. The summed E-state index contributed by atoms with van der Waals surface area (Å²) in [5, 5.41) is 5.08. The second kappa shape index (κ2) is 6.35. The van der Waals surface area contributed by atoms with Gasteiger partial charge in [0.05, 0.1) is 5.02 Å². The Labute approximate surface area is 150 Å². The predicted octanol–water partition coefficient (Wildman–Crippen LogP) is 3.09. The van der Waals surface area contributed by atoms with E-state index in [1.807, 2.05) is 30.6 Å². The number of allylic oxidation sites excluding steroid dienone is 2. The van der Waals surface area contributed by atoms with Crippen molar-refractivity contribution in [1.29, 1.82) is 0 Å². The van der Waals surface area contributed by atoms with Crippen molar-refractivity contribution < 1.29 is 0 Å². The number of H-pyrrole nitrogens is 1. The van der Waals surface area contributed by atoms with Gasteiger partial charge in [-0.2, -0.15) is 0 Å². The first-order valence-corrected chi connectivity index (χ1v) is 8.45. The number of aromatic nitrogens is 3. The molecule has 1 aliphatic rings. The fourth-order valence-electron chi connectivity index (χ4n) is 3.04. The van der Waals surface area contributed by atoms with Crippen molar-refractivity contribution in [3.63, 3.8) is 0 Å². The lowest BCUT2D eigenvalue weighted by Crippen LogP contribution is -2.52. The standard InChI is InChI=1S/C19H18ClN5/c20-17-12-22-7-4-14(17)9-19(21)5-3-13(10-25-19)8-15-11-24-18-16(15)2-1-6-23-18/h1-7,10-12,25H,8-9,21H2,(H,23,24). The van der Waals surface area contributed by atoms with Crippen molar-refractivity contribution in [3.05, 3.63) is 83.1 Å². The Balaban J connectivity index is 1.49. The van der Waals surface area contributed by atoms with Gasteiger partial charge in [0.25, 0.3) is 0 Å². The van der Waals surface area contributed by atoms with Gasteiger partial charge in [-0.25, -0.2) is 4.98 Å². The van der Waals surface area contributed by atoms with Crippen LogP contribution in [0.2, 0.25) is 5.02 Å². The number of hydrogen-bond donors (Lipinski definition) is 3. The van der Waals surface area contributed by atoms with Crippen LogP contribution in [0.3, 0.4) is 0 Å². The fourth-order valence-corrected chi connectivity index (χ4v) is 3.23. The van der Waals surface area contributed by atoms with Crippen LogP contribution < -0.4 is 11.1 Å². The van der Waals surface area contributed by atoms with E-state index in [2.05, 4.69) is 32.4 Å². The van der Waals surface area contributed by atoms with Gasteiger partial charge in [0.1, 0.15) is 11.3 Å². The van der Waals surface area contributed by atoms with Crippen LogP contribution in [-0.4, -0.2) is 20.6 Å². The maximum absolute atomic E-state index is 6.45. The average molecular weight is 352 g/mol. The van der Waals surface area contributed by atoms with E-state index in [0.29, 0.717) is 11.4 Å². The molecule has 1 unspecified atom stereocenters. The number of nitrogens with one attached hydrogen (secondary N) is 2. The molecule has 4 heterocycles. The van der Waals surface area contributed by atoms with E-state index >= 15 is 0 Å². The van der Waals surface area contributed by atoms with Gasteiger partial charge in [-0.1, -0.05) is 17.7 Å². The molecular formula is C19H18ClN5. The first-order valence-electron chi connectivity index (χ1n) is 8.07. The highest BCUT2D eigenvalue weighted by Crippen LogP contribution is 2.24.